The van der Waals surface area contributed by atoms with E-state index in [9.17, 15) is 4.79 Å². The Kier molecular flexibility index (Phi) is 5.87. The van der Waals surface area contributed by atoms with Gasteiger partial charge in [0.15, 0.2) is 0 Å². The minimum Gasteiger partial charge on any atom is -0.496 e. The zero-order valence-electron chi connectivity index (χ0n) is 12.7. The van der Waals surface area contributed by atoms with Crippen LogP contribution in [-0.4, -0.2) is 44.1 Å². The lowest BCUT2D eigenvalue weighted by atomic mass is 10.1. The number of carbonyl (C=O) groups excluding carboxylic acids is 1. The summed E-state index contributed by atoms with van der Waals surface area (Å²) in [6, 6.07) is 5.09. The molecule has 116 valence electrons. The molecule has 0 aliphatic carbocycles. The lowest BCUT2D eigenvalue weighted by Gasteiger charge is -2.19. The highest BCUT2D eigenvalue weighted by Gasteiger charge is 2.13. The number of rotatable bonds is 5. The minimum absolute atomic E-state index is 0.110. The molecule has 5 nitrogen and oxygen atoms in total. The Labute approximate surface area is 126 Å². The van der Waals surface area contributed by atoms with Gasteiger partial charge in [0.2, 0.25) is 0 Å². The van der Waals surface area contributed by atoms with Crippen molar-refractivity contribution in [2.75, 3.05) is 39.0 Å². The van der Waals surface area contributed by atoms with E-state index < -0.39 is 0 Å². The van der Waals surface area contributed by atoms with Crippen LogP contribution in [0.4, 0.5) is 5.69 Å². The van der Waals surface area contributed by atoms with Gasteiger partial charge in [0, 0.05) is 24.8 Å². The lowest BCUT2D eigenvalue weighted by molar-refractivity contribution is 0.0945. The number of anilines is 1. The Hall–Kier alpha value is -1.75. The first-order chi connectivity index (χ1) is 10.2. The van der Waals surface area contributed by atoms with Crippen molar-refractivity contribution in [2.24, 2.45) is 0 Å². The van der Waals surface area contributed by atoms with Crippen LogP contribution >= 0.6 is 0 Å². The van der Waals surface area contributed by atoms with Gasteiger partial charge in [-0.1, -0.05) is 12.8 Å². The lowest BCUT2D eigenvalue weighted by Crippen LogP contribution is -2.35. The third kappa shape index (κ3) is 4.63. The summed E-state index contributed by atoms with van der Waals surface area (Å²) < 4.78 is 5.21. The molecule has 1 heterocycles. The number of nitrogens with two attached hydrogens (primary N) is 1. The fourth-order valence-electron chi connectivity index (χ4n) is 2.68. The minimum atomic E-state index is -0.110. The number of amides is 1. The first-order valence-electron chi connectivity index (χ1n) is 7.65. The molecule has 1 aliphatic rings. The molecule has 0 atom stereocenters. The molecular weight excluding hydrogens is 266 g/mol. The number of nitrogen functional groups attached to an aromatic ring is 1. The number of nitrogens with one attached hydrogen (secondary N) is 1. The van der Waals surface area contributed by atoms with Crippen LogP contribution in [0.3, 0.4) is 0 Å². The van der Waals surface area contributed by atoms with Gasteiger partial charge in [-0.15, -0.1) is 0 Å². The molecule has 5 heteroatoms. The summed E-state index contributed by atoms with van der Waals surface area (Å²) in [5, 5.41) is 2.96. The van der Waals surface area contributed by atoms with Crippen molar-refractivity contribution < 1.29 is 9.53 Å². The zero-order chi connectivity index (χ0) is 15.1. The van der Waals surface area contributed by atoms with Crippen LogP contribution in [0, 0.1) is 0 Å². The van der Waals surface area contributed by atoms with Gasteiger partial charge in [-0.25, -0.2) is 0 Å². The van der Waals surface area contributed by atoms with E-state index in [4.69, 9.17) is 10.5 Å². The molecule has 1 saturated heterocycles. The third-order valence-electron chi connectivity index (χ3n) is 3.88. The van der Waals surface area contributed by atoms with Crippen molar-refractivity contribution in [3.05, 3.63) is 23.8 Å². The molecule has 0 spiro atoms. The molecule has 1 aromatic rings. The van der Waals surface area contributed by atoms with Crippen molar-refractivity contribution >= 4 is 11.6 Å². The normalized spacial score (nSPS) is 16.2. The fourth-order valence-corrected chi connectivity index (χ4v) is 2.68. The third-order valence-corrected chi connectivity index (χ3v) is 3.88. The molecule has 21 heavy (non-hydrogen) atoms. The Bertz CT molecular complexity index is 469. The molecule has 1 aromatic carbocycles. The summed E-state index contributed by atoms with van der Waals surface area (Å²) in [5.74, 6) is 0.406. The molecule has 2 rings (SSSR count). The number of methoxy groups -OCH3 is 1. The van der Waals surface area contributed by atoms with E-state index in [2.05, 4.69) is 10.2 Å². The van der Waals surface area contributed by atoms with Crippen LogP contribution in [-0.2, 0) is 0 Å². The summed E-state index contributed by atoms with van der Waals surface area (Å²) in [7, 11) is 1.54. The average molecular weight is 291 g/mol. The van der Waals surface area contributed by atoms with Gasteiger partial charge >= 0.3 is 0 Å². The molecule has 1 amide bonds. The second-order valence-electron chi connectivity index (χ2n) is 5.47. The summed E-state index contributed by atoms with van der Waals surface area (Å²) in [6.07, 6.45) is 5.18. The summed E-state index contributed by atoms with van der Waals surface area (Å²) in [4.78, 5) is 14.6. The van der Waals surface area contributed by atoms with Gasteiger partial charge in [-0.05, 0) is 38.1 Å². The van der Waals surface area contributed by atoms with Crippen molar-refractivity contribution in [3.8, 4) is 5.75 Å². The van der Waals surface area contributed by atoms with Crippen LogP contribution in [0.15, 0.2) is 18.2 Å². The number of benzene rings is 1. The monoisotopic (exact) mass is 291 g/mol. The van der Waals surface area contributed by atoms with Crippen molar-refractivity contribution in [1.82, 2.24) is 10.2 Å². The maximum Gasteiger partial charge on any atom is 0.255 e. The smallest absolute Gasteiger partial charge is 0.255 e. The molecule has 3 N–H and O–H groups in total. The van der Waals surface area contributed by atoms with Crippen LogP contribution in [0.2, 0.25) is 0 Å². The van der Waals surface area contributed by atoms with Crippen molar-refractivity contribution in [1.29, 1.82) is 0 Å². The Balaban J connectivity index is 1.84. The summed E-state index contributed by atoms with van der Waals surface area (Å²) >= 11 is 0. The Morgan fingerprint density at radius 2 is 2.00 bits per heavy atom. The molecule has 0 unspecified atom stereocenters. The maximum absolute atomic E-state index is 12.2. The highest BCUT2D eigenvalue weighted by Crippen LogP contribution is 2.21. The number of ether oxygens (including phenoxy) is 1. The molecule has 0 radical (unpaired) electrons. The van der Waals surface area contributed by atoms with E-state index in [0.717, 1.165) is 19.6 Å². The van der Waals surface area contributed by atoms with E-state index in [-0.39, 0.29) is 5.91 Å². The highest BCUT2D eigenvalue weighted by atomic mass is 16.5. The van der Waals surface area contributed by atoms with Gasteiger partial charge in [0.05, 0.1) is 12.7 Å². The van der Waals surface area contributed by atoms with Crippen LogP contribution < -0.4 is 15.8 Å². The van der Waals surface area contributed by atoms with Crippen LogP contribution in [0.25, 0.3) is 0 Å². The molecule has 0 aromatic heterocycles. The van der Waals surface area contributed by atoms with E-state index >= 15 is 0 Å². The summed E-state index contributed by atoms with van der Waals surface area (Å²) in [6.45, 7) is 3.84. The van der Waals surface area contributed by atoms with Crippen LogP contribution in [0.5, 0.6) is 5.75 Å². The average Bonchev–Trinajstić information content (AvgIpc) is 2.75. The molecule has 1 fully saturated rings. The quantitative estimate of drug-likeness (QED) is 0.813. The Morgan fingerprint density at radius 3 is 2.67 bits per heavy atom. The number of likely N-dealkylation sites (tertiary alicyclic amines) is 1. The predicted octanol–water partition coefficient (Wildman–Crippen LogP) is 1.88. The van der Waals surface area contributed by atoms with Crippen molar-refractivity contribution in [3.63, 3.8) is 0 Å². The molecule has 0 saturated carbocycles. The second-order valence-corrected chi connectivity index (χ2v) is 5.47. The number of nitrogens with zero attached hydrogens (tertiary/aromatic N) is 1. The van der Waals surface area contributed by atoms with E-state index in [0.29, 0.717) is 23.5 Å². The molecule has 1 aliphatic heterocycles. The van der Waals surface area contributed by atoms with E-state index in [1.54, 1.807) is 25.3 Å². The van der Waals surface area contributed by atoms with Gasteiger partial charge in [-0.3, -0.25) is 4.79 Å². The second kappa shape index (κ2) is 7.88. The SMILES string of the molecule is COc1cc(N)ccc1C(=O)NCCN1CCCCCC1. The first kappa shape index (κ1) is 15.6. The van der Waals surface area contributed by atoms with E-state index in [1.807, 2.05) is 0 Å². The van der Waals surface area contributed by atoms with Gasteiger partial charge in [0.1, 0.15) is 5.75 Å². The first-order valence-corrected chi connectivity index (χ1v) is 7.65. The standard InChI is InChI=1S/C16H25N3O2/c1-21-15-12-13(17)6-7-14(15)16(20)18-8-11-19-9-4-2-3-5-10-19/h6-7,12H,2-5,8-11,17H2,1H3,(H,18,20). The molecule has 0 bridgehead atoms. The largest absolute Gasteiger partial charge is 0.496 e. The zero-order valence-corrected chi connectivity index (χ0v) is 12.7. The van der Waals surface area contributed by atoms with Gasteiger partial charge in [0.25, 0.3) is 5.91 Å². The van der Waals surface area contributed by atoms with Gasteiger partial charge in [-0.2, -0.15) is 0 Å². The van der Waals surface area contributed by atoms with E-state index in [1.165, 1.54) is 25.7 Å². The summed E-state index contributed by atoms with van der Waals surface area (Å²) in [5.41, 5.74) is 6.82. The highest BCUT2D eigenvalue weighted by molar-refractivity contribution is 5.97. The molecular formula is C16H25N3O2. The topological polar surface area (TPSA) is 67.6 Å². The van der Waals surface area contributed by atoms with Crippen LogP contribution in [0.1, 0.15) is 36.0 Å². The number of hydrogen-bond donors (Lipinski definition) is 2. The Morgan fingerprint density at radius 1 is 1.29 bits per heavy atom. The predicted molar refractivity (Wildman–Crippen MR) is 84.6 cm³/mol. The van der Waals surface area contributed by atoms with Crippen molar-refractivity contribution in [2.45, 2.75) is 25.7 Å². The number of carbonyl (C=O) groups is 1. The maximum atomic E-state index is 12.2. The van der Waals surface area contributed by atoms with Gasteiger partial charge < -0.3 is 20.7 Å². The fraction of sp³-hybridized carbons (Fsp3) is 0.562. The number of hydrogen-bond acceptors (Lipinski definition) is 4.